The summed E-state index contributed by atoms with van der Waals surface area (Å²) in [6.45, 7) is 4.52. The van der Waals surface area contributed by atoms with Crippen molar-refractivity contribution in [2.24, 2.45) is 0 Å². The fraction of sp³-hybridized carbons (Fsp3) is 0.500. The van der Waals surface area contributed by atoms with Crippen LogP contribution < -0.4 is 0 Å². The number of aliphatic hydroxyl groups is 1. The fourth-order valence-corrected chi connectivity index (χ4v) is 1.49. The quantitative estimate of drug-likeness (QED) is 0.839. The summed E-state index contributed by atoms with van der Waals surface area (Å²) in [4.78, 5) is 0. The summed E-state index contributed by atoms with van der Waals surface area (Å²) in [6.07, 6.45) is 0.303. The van der Waals surface area contributed by atoms with E-state index in [4.69, 9.17) is 16.3 Å². The molecule has 2 nitrogen and oxygen atoms in total. The monoisotopic (exact) mass is 228 g/mol. The lowest BCUT2D eigenvalue weighted by Gasteiger charge is -2.12. The summed E-state index contributed by atoms with van der Waals surface area (Å²) in [5, 5.41) is 10.5. The molecule has 0 spiro atoms. The summed E-state index contributed by atoms with van der Waals surface area (Å²) < 4.78 is 5.37. The Bertz CT molecular complexity index is 299. The first-order chi connectivity index (χ1) is 7.09. The molecule has 0 saturated heterocycles. The van der Waals surface area contributed by atoms with Crippen molar-refractivity contribution < 1.29 is 9.84 Å². The van der Waals surface area contributed by atoms with Gasteiger partial charge in [-0.3, -0.25) is 0 Å². The van der Waals surface area contributed by atoms with Crippen molar-refractivity contribution in [2.75, 3.05) is 6.61 Å². The van der Waals surface area contributed by atoms with Gasteiger partial charge in [-0.2, -0.15) is 0 Å². The zero-order valence-corrected chi connectivity index (χ0v) is 9.87. The Morgan fingerprint density at radius 2 is 2.13 bits per heavy atom. The molecule has 0 aliphatic heterocycles. The highest BCUT2D eigenvalue weighted by atomic mass is 35.5. The van der Waals surface area contributed by atoms with Gasteiger partial charge in [-0.1, -0.05) is 23.7 Å². The molecule has 0 aliphatic carbocycles. The second-order valence-electron chi connectivity index (χ2n) is 3.78. The average molecular weight is 229 g/mol. The zero-order valence-electron chi connectivity index (χ0n) is 9.11. The van der Waals surface area contributed by atoms with Gasteiger partial charge < -0.3 is 9.84 Å². The highest BCUT2D eigenvalue weighted by Crippen LogP contribution is 2.20. The minimum atomic E-state index is -0.498. The van der Waals surface area contributed by atoms with E-state index in [0.29, 0.717) is 18.1 Å². The second kappa shape index (κ2) is 6.11. The number of rotatable bonds is 5. The molecule has 1 aromatic rings. The maximum Gasteiger partial charge on any atom is 0.0812 e. The molecule has 1 N–H and O–H groups in total. The molecule has 0 radical (unpaired) electrons. The molecule has 1 aromatic carbocycles. The van der Waals surface area contributed by atoms with E-state index in [0.717, 1.165) is 5.56 Å². The first kappa shape index (κ1) is 12.5. The van der Waals surface area contributed by atoms with E-state index in [1.807, 2.05) is 26.0 Å². The minimum absolute atomic E-state index is 0.205. The van der Waals surface area contributed by atoms with Gasteiger partial charge in [-0.25, -0.2) is 0 Å². The Kier molecular flexibility index (Phi) is 5.09. The number of hydrogen-bond donors (Lipinski definition) is 1. The second-order valence-corrected chi connectivity index (χ2v) is 4.22. The first-order valence-electron chi connectivity index (χ1n) is 5.14. The number of ether oxygens (including phenoxy) is 1. The lowest BCUT2D eigenvalue weighted by atomic mass is 10.1. The summed E-state index contributed by atoms with van der Waals surface area (Å²) in [5.74, 6) is 0. The van der Waals surface area contributed by atoms with E-state index in [1.165, 1.54) is 0 Å². The fourth-order valence-electron chi connectivity index (χ4n) is 1.30. The van der Waals surface area contributed by atoms with Crippen LogP contribution in [0.1, 0.15) is 31.9 Å². The van der Waals surface area contributed by atoms with Crippen molar-refractivity contribution in [1.82, 2.24) is 0 Å². The largest absolute Gasteiger partial charge is 0.388 e. The van der Waals surface area contributed by atoms with Gasteiger partial charge in [0.15, 0.2) is 0 Å². The molecular weight excluding hydrogens is 212 g/mol. The van der Waals surface area contributed by atoms with E-state index in [1.54, 1.807) is 12.1 Å². The average Bonchev–Trinajstić information content (AvgIpc) is 2.17. The Balaban J connectivity index is 2.43. The summed E-state index contributed by atoms with van der Waals surface area (Å²) >= 11 is 5.83. The van der Waals surface area contributed by atoms with Gasteiger partial charge in [0, 0.05) is 18.1 Å². The molecule has 1 unspecified atom stereocenters. The van der Waals surface area contributed by atoms with Crippen LogP contribution in [0.5, 0.6) is 0 Å². The SMILES string of the molecule is CC(C)OCCC(O)c1cccc(Cl)c1. The van der Waals surface area contributed by atoms with Crippen molar-refractivity contribution in [1.29, 1.82) is 0 Å². The van der Waals surface area contributed by atoms with E-state index in [2.05, 4.69) is 0 Å². The van der Waals surface area contributed by atoms with Crippen molar-refractivity contribution in [3.63, 3.8) is 0 Å². The molecule has 15 heavy (non-hydrogen) atoms. The molecule has 0 bridgehead atoms. The van der Waals surface area contributed by atoms with E-state index >= 15 is 0 Å². The maximum atomic E-state index is 9.82. The Morgan fingerprint density at radius 3 is 2.73 bits per heavy atom. The Morgan fingerprint density at radius 1 is 1.40 bits per heavy atom. The van der Waals surface area contributed by atoms with Crippen LogP contribution in [0.3, 0.4) is 0 Å². The third-order valence-electron chi connectivity index (χ3n) is 2.08. The third-order valence-corrected chi connectivity index (χ3v) is 2.31. The Labute approximate surface area is 95.8 Å². The van der Waals surface area contributed by atoms with Crippen LogP contribution in [0.2, 0.25) is 5.02 Å². The minimum Gasteiger partial charge on any atom is -0.388 e. The molecule has 0 amide bonds. The number of hydrogen-bond acceptors (Lipinski definition) is 2. The van der Waals surface area contributed by atoms with Crippen LogP contribution in [-0.2, 0) is 4.74 Å². The standard InChI is InChI=1S/C12H17ClO2/c1-9(2)15-7-6-12(14)10-4-3-5-11(13)8-10/h3-5,8-9,12,14H,6-7H2,1-2H3. The number of benzene rings is 1. The molecule has 0 aromatic heterocycles. The van der Waals surface area contributed by atoms with Gasteiger partial charge >= 0.3 is 0 Å². The van der Waals surface area contributed by atoms with Gasteiger partial charge in [0.2, 0.25) is 0 Å². The van der Waals surface area contributed by atoms with Crippen molar-refractivity contribution in [3.05, 3.63) is 34.9 Å². The van der Waals surface area contributed by atoms with E-state index in [-0.39, 0.29) is 6.10 Å². The lowest BCUT2D eigenvalue weighted by molar-refractivity contribution is 0.0465. The van der Waals surface area contributed by atoms with Gasteiger partial charge in [0.1, 0.15) is 0 Å². The lowest BCUT2D eigenvalue weighted by Crippen LogP contribution is -2.08. The third kappa shape index (κ3) is 4.65. The van der Waals surface area contributed by atoms with Crippen molar-refractivity contribution >= 4 is 11.6 Å². The zero-order chi connectivity index (χ0) is 11.3. The van der Waals surface area contributed by atoms with Crippen LogP contribution in [0.25, 0.3) is 0 Å². The predicted molar refractivity (Wildman–Crippen MR) is 62.1 cm³/mol. The highest BCUT2D eigenvalue weighted by Gasteiger charge is 2.07. The number of aliphatic hydroxyl groups excluding tert-OH is 1. The van der Waals surface area contributed by atoms with Gasteiger partial charge in [0.05, 0.1) is 12.2 Å². The summed E-state index contributed by atoms with van der Waals surface area (Å²) in [7, 11) is 0. The summed E-state index contributed by atoms with van der Waals surface area (Å²) in [6, 6.07) is 7.28. The molecule has 1 rings (SSSR count). The van der Waals surface area contributed by atoms with E-state index < -0.39 is 6.10 Å². The highest BCUT2D eigenvalue weighted by molar-refractivity contribution is 6.30. The van der Waals surface area contributed by atoms with Crippen LogP contribution in [0.15, 0.2) is 24.3 Å². The first-order valence-corrected chi connectivity index (χ1v) is 5.52. The normalized spacial score (nSPS) is 13.1. The van der Waals surface area contributed by atoms with Crippen LogP contribution in [0, 0.1) is 0 Å². The van der Waals surface area contributed by atoms with Crippen LogP contribution in [0.4, 0.5) is 0 Å². The summed E-state index contributed by atoms with van der Waals surface area (Å²) in [5.41, 5.74) is 0.842. The molecular formula is C12H17ClO2. The molecule has 3 heteroatoms. The van der Waals surface area contributed by atoms with E-state index in [9.17, 15) is 5.11 Å². The number of halogens is 1. The molecule has 0 heterocycles. The molecule has 84 valence electrons. The van der Waals surface area contributed by atoms with Crippen LogP contribution in [-0.4, -0.2) is 17.8 Å². The predicted octanol–water partition coefficient (Wildman–Crippen LogP) is 3.19. The Hall–Kier alpha value is -0.570. The van der Waals surface area contributed by atoms with Crippen molar-refractivity contribution in [3.8, 4) is 0 Å². The topological polar surface area (TPSA) is 29.5 Å². The van der Waals surface area contributed by atoms with Gasteiger partial charge in [-0.05, 0) is 31.5 Å². The van der Waals surface area contributed by atoms with Crippen LogP contribution >= 0.6 is 11.6 Å². The van der Waals surface area contributed by atoms with Crippen molar-refractivity contribution in [2.45, 2.75) is 32.5 Å². The van der Waals surface area contributed by atoms with Gasteiger partial charge in [-0.15, -0.1) is 0 Å². The maximum absolute atomic E-state index is 9.82. The molecule has 0 fully saturated rings. The van der Waals surface area contributed by atoms with Gasteiger partial charge in [0.25, 0.3) is 0 Å². The smallest absolute Gasteiger partial charge is 0.0812 e. The molecule has 1 atom stereocenters. The molecule has 0 saturated carbocycles. The molecule has 0 aliphatic rings.